The van der Waals surface area contributed by atoms with Crippen molar-refractivity contribution in [1.82, 2.24) is 0 Å². The first-order valence-corrected chi connectivity index (χ1v) is 6.88. The molecule has 1 aliphatic rings. The Kier molecular flexibility index (Phi) is 5.77. The zero-order chi connectivity index (χ0) is 12.1. The zero-order valence-electron chi connectivity index (χ0n) is 11.4. The van der Waals surface area contributed by atoms with E-state index < -0.39 is 0 Å². The van der Waals surface area contributed by atoms with E-state index in [0.29, 0.717) is 24.0 Å². The van der Waals surface area contributed by atoms with Crippen LogP contribution in [0.2, 0.25) is 0 Å². The van der Waals surface area contributed by atoms with Crippen LogP contribution in [-0.4, -0.2) is 18.8 Å². The number of rotatable bonds is 5. The van der Waals surface area contributed by atoms with Crippen LogP contribution in [0.1, 0.15) is 53.4 Å². The van der Waals surface area contributed by atoms with Crippen molar-refractivity contribution in [2.75, 3.05) is 6.54 Å². The number of ether oxygens (including phenoxy) is 1. The molecule has 0 heterocycles. The summed E-state index contributed by atoms with van der Waals surface area (Å²) >= 11 is 0. The van der Waals surface area contributed by atoms with Gasteiger partial charge in [0.25, 0.3) is 0 Å². The van der Waals surface area contributed by atoms with Gasteiger partial charge >= 0.3 is 0 Å². The van der Waals surface area contributed by atoms with Gasteiger partial charge in [-0.15, -0.1) is 0 Å². The summed E-state index contributed by atoms with van der Waals surface area (Å²) in [6.45, 7) is 9.82. The molecule has 2 N–H and O–H groups in total. The molecule has 4 unspecified atom stereocenters. The summed E-state index contributed by atoms with van der Waals surface area (Å²) < 4.78 is 6.20. The molecule has 4 atom stereocenters. The minimum atomic E-state index is 0.379. The smallest absolute Gasteiger partial charge is 0.0621 e. The van der Waals surface area contributed by atoms with Crippen LogP contribution in [0.4, 0.5) is 0 Å². The summed E-state index contributed by atoms with van der Waals surface area (Å²) in [6.07, 6.45) is 5.70. The molecule has 96 valence electrons. The topological polar surface area (TPSA) is 35.2 Å². The normalized spacial score (nSPS) is 33.0. The molecule has 0 bridgehead atoms. The highest BCUT2D eigenvalue weighted by Crippen LogP contribution is 2.31. The number of hydrogen-bond acceptors (Lipinski definition) is 2. The van der Waals surface area contributed by atoms with Crippen LogP contribution < -0.4 is 5.73 Å². The Morgan fingerprint density at radius 2 is 1.94 bits per heavy atom. The van der Waals surface area contributed by atoms with E-state index in [9.17, 15) is 0 Å². The Balaban J connectivity index is 2.42. The molecule has 16 heavy (non-hydrogen) atoms. The van der Waals surface area contributed by atoms with Crippen molar-refractivity contribution in [3.63, 3.8) is 0 Å². The molecule has 0 aliphatic heterocycles. The molecule has 0 aromatic carbocycles. The molecule has 2 nitrogen and oxygen atoms in total. The third-order valence-corrected chi connectivity index (χ3v) is 3.70. The van der Waals surface area contributed by atoms with E-state index in [-0.39, 0.29) is 0 Å². The lowest BCUT2D eigenvalue weighted by atomic mass is 9.80. The average Bonchev–Trinajstić information content (AvgIpc) is 2.16. The van der Waals surface area contributed by atoms with E-state index >= 15 is 0 Å². The van der Waals surface area contributed by atoms with Crippen molar-refractivity contribution < 1.29 is 4.74 Å². The number of hydrogen-bond donors (Lipinski definition) is 1. The van der Waals surface area contributed by atoms with E-state index in [1.807, 2.05) is 0 Å². The second-order valence-electron chi connectivity index (χ2n) is 6.03. The molecule has 2 heteroatoms. The summed E-state index contributed by atoms with van der Waals surface area (Å²) in [5, 5.41) is 0. The van der Waals surface area contributed by atoms with Gasteiger partial charge in [0, 0.05) is 0 Å². The predicted molar refractivity (Wildman–Crippen MR) is 69.3 cm³/mol. The molecule has 0 aromatic rings. The molecule has 1 rings (SSSR count). The molecule has 0 radical (unpaired) electrons. The lowest BCUT2D eigenvalue weighted by molar-refractivity contribution is -0.0660. The molecule has 0 saturated heterocycles. The first-order valence-electron chi connectivity index (χ1n) is 6.88. The molecule has 0 aromatic heterocycles. The maximum Gasteiger partial charge on any atom is 0.0621 e. The fraction of sp³-hybridized carbons (Fsp3) is 1.00. The summed E-state index contributed by atoms with van der Waals surface area (Å²) in [7, 11) is 0. The van der Waals surface area contributed by atoms with Crippen LogP contribution in [-0.2, 0) is 4.74 Å². The van der Waals surface area contributed by atoms with E-state index in [2.05, 4.69) is 27.7 Å². The summed E-state index contributed by atoms with van der Waals surface area (Å²) in [6, 6.07) is 0. The van der Waals surface area contributed by atoms with Crippen LogP contribution in [0.5, 0.6) is 0 Å². The van der Waals surface area contributed by atoms with Gasteiger partial charge in [-0.25, -0.2) is 0 Å². The summed E-state index contributed by atoms with van der Waals surface area (Å²) in [5.41, 5.74) is 5.84. The second-order valence-corrected chi connectivity index (χ2v) is 6.03. The highest BCUT2D eigenvalue weighted by atomic mass is 16.5. The fourth-order valence-corrected chi connectivity index (χ4v) is 2.85. The lowest BCUT2D eigenvalue weighted by Gasteiger charge is -2.36. The monoisotopic (exact) mass is 227 g/mol. The van der Waals surface area contributed by atoms with Gasteiger partial charge in [-0.3, -0.25) is 0 Å². The molecular weight excluding hydrogens is 198 g/mol. The number of nitrogens with two attached hydrogens (primary N) is 1. The Morgan fingerprint density at radius 1 is 1.25 bits per heavy atom. The molecule has 1 aliphatic carbocycles. The zero-order valence-corrected chi connectivity index (χ0v) is 11.4. The SMILES string of the molecule is CC(C)CC(C)OC1CC(C)CCC1CN. The Hall–Kier alpha value is -0.0800. The predicted octanol–water partition coefficient (Wildman–Crippen LogP) is 3.20. The molecule has 1 saturated carbocycles. The van der Waals surface area contributed by atoms with Crippen LogP contribution >= 0.6 is 0 Å². The Morgan fingerprint density at radius 3 is 2.50 bits per heavy atom. The van der Waals surface area contributed by atoms with Gasteiger partial charge in [-0.2, -0.15) is 0 Å². The molecule has 1 fully saturated rings. The summed E-state index contributed by atoms with van der Waals surface area (Å²) in [5.74, 6) is 2.11. The third-order valence-electron chi connectivity index (χ3n) is 3.70. The molecular formula is C14H29NO. The van der Waals surface area contributed by atoms with Crippen molar-refractivity contribution in [1.29, 1.82) is 0 Å². The van der Waals surface area contributed by atoms with Gasteiger partial charge in [-0.05, 0) is 50.5 Å². The van der Waals surface area contributed by atoms with Gasteiger partial charge in [0.2, 0.25) is 0 Å². The first kappa shape index (κ1) is 14.0. The van der Waals surface area contributed by atoms with Gasteiger partial charge in [-0.1, -0.05) is 27.2 Å². The Bertz CT molecular complexity index is 193. The van der Waals surface area contributed by atoms with Crippen LogP contribution in [0, 0.1) is 17.8 Å². The van der Waals surface area contributed by atoms with Crippen molar-refractivity contribution in [3.8, 4) is 0 Å². The van der Waals surface area contributed by atoms with Crippen LogP contribution in [0.25, 0.3) is 0 Å². The fourth-order valence-electron chi connectivity index (χ4n) is 2.85. The van der Waals surface area contributed by atoms with Crippen LogP contribution in [0.15, 0.2) is 0 Å². The van der Waals surface area contributed by atoms with Gasteiger partial charge in [0.1, 0.15) is 0 Å². The van der Waals surface area contributed by atoms with E-state index in [0.717, 1.165) is 18.9 Å². The van der Waals surface area contributed by atoms with Gasteiger partial charge in [0.05, 0.1) is 12.2 Å². The third kappa shape index (κ3) is 4.42. The quantitative estimate of drug-likeness (QED) is 0.783. The van der Waals surface area contributed by atoms with Gasteiger partial charge in [0.15, 0.2) is 0 Å². The van der Waals surface area contributed by atoms with Gasteiger partial charge < -0.3 is 10.5 Å². The minimum Gasteiger partial charge on any atom is -0.375 e. The second kappa shape index (κ2) is 6.61. The van der Waals surface area contributed by atoms with E-state index in [1.54, 1.807) is 0 Å². The van der Waals surface area contributed by atoms with E-state index in [4.69, 9.17) is 10.5 Å². The highest BCUT2D eigenvalue weighted by molar-refractivity contribution is 4.80. The molecule has 0 spiro atoms. The van der Waals surface area contributed by atoms with E-state index in [1.165, 1.54) is 19.3 Å². The maximum atomic E-state index is 6.20. The lowest BCUT2D eigenvalue weighted by Crippen LogP contribution is -2.37. The Labute approximate surface area is 101 Å². The van der Waals surface area contributed by atoms with Crippen LogP contribution in [0.3, 0.4) is 0 Å². The van der Waals surface area contributed by atoms with Crippen molar-refractivity contribution in [3.05, 3.63) is 0 Å². The minimum absolute atomic E-state index is 0.379. The van der Waals surface area contributed by atoms with Crippen molar-refractivity contribution >= 4 is 0 Å². The largest absolute Gasteiger partial charge is 0.375 e. The average molecular weight is 227 g/mol. The standard InChI is InChI=1S/C14H29NO/c1-10(2)7-12(4)16-14-8-11(3)5-6-13(14)9-15/h10-14H,5-9,15H2,1-4H3. The van der Waals surface area contributed by atoms with Crippen molar-refractivity contribution in [2.24, 2.45) is 23.5 Å². The molecule has 0 amide bonds. The maximum absolute atomic E-state index is 6.20. The first-order chi connectivity index (χ1) is 7.52. The van der Waals surface area contributed by atoms with Crippen molar-refractivity contribution in [2.45, 2.75) is 65.6 Å². The summed E-state index contributed by atoms with van der Waals surface area (Å²) in [4.78, 5) is 0. The highest BCUT2D eigenvalue weighted by Gasteiger charge is 2.29.